The molecular weight excluding hydrogens is 1250 g/mol. The molecule has 0 spiro atoms. The predicted octanol–water partition coefficient (Wildman–Crippen LogP) is 23.3. The fraction of sp³-hybridized carbons (Fsp3) is 0.0110. The highest BCUT2D eigenvalue weighted by Gasteiger charge is 2.47. The second-order valence-corrected chi connectivity index (χ2v) is 29.5. The van der Waals surface area contributed by atoms with Gasteiger partial charge >= 0.3 is 0 Å². The molecule has 3 aliphatic rings. The molecule has 2 aliphatic heterocycles. The van der Waals surface area contributed by atoms with E-state index in [2.05, 4.69) is 327 Å². The summed E-state index contributed by atoms with van der Waals surface area (Å²) in [5.74, 6) is 0. The van der Waals surface area contributed by atoms with Crippen LogP contribution in [-0.2, 0) is 6.42 Å². The lowest BCUT2D eigenvalue weighted by molar-refractivity contribution is 0.669. The van der Waals surface area contributed by atoms with Gasteiger partial charge in [-0.2, -0.15) is 0 Å². The first kappa shape index (κ1) is 53.7. The second kappa shape index (κ2) is 19.7. The summed E-state index contributed by atoms with van der Waals surface area (Å²) in [4.78, 5) is 5.39. The number of nitrogens with zero attached hydrogens (tertiary/aromatic N) is 5. The zero-order valence-corrected chi connectivity index (χ0v) is 55.2. The van der Waals surface area contributed by atoms with Gasteiger partial charge in [-0.15, -0.1) is 22.7 Å². The maximum absolute atomic E-state index is 7.14. The molecule has 21 aromatic rings. The number of thiophene rings is 2. The molecule has 8 heterocycles. The lowest BCUT2D eigenvalue weighted by Crippen LogP contribution is -2.61. The monoisotopic (exact) mass is 1310 g/mol. The summed E-state index contributed by atoms with van der Waals surface area (Å²) in [7, 11) is 0. The minimum Gasteiger partial charge on any atom is -0.456 e. The molecule has 0 N–H and O–H groups in total. The molecule has 0 saturated carbocycles. The summed E-state index contributed by atoms with van der Waals surface area (Å²) in [6.07, 6.45) is 0.836. The van der Waals surface area contributed by atoms with Crippen LogP contribution in [0.3, 0.4) is 0 Å². The van der Waals surface area contributed by atoms with Gasteiger partial charge in [0.05, 0.1) is 60.2 Å². The topological polar surface area (TPSA) is 34.4 Å². The Hall–Kier alpha value is -12.4. The van der Waals surface area contributed by atoms with Crippen molar-refractivity contribution in [1.29, 1.82) is 0 Å². The molecule has 15 aromatic carbocycles. The SMILES string of the molecule is c1cc2c(c(N3c4cc5c(cc4B4c6cc(-n7c8ccccc8c8ccccc87)ccc6N(c6cccc7oc8ccc(-n9c%10ccccc%10c%10ccccc%109)cc8c67)c6cc7c(sc8ccccc87)c3c64)sc3ccccc35)c1)-c1cc(-n3c4ccccc4c4ccccc43)ccc1C2. The molecule has 24 rings (SSSR count). The van der Waals surface area contributed by atoms with Gasteiger partial charge in [0.25, 0.3) is 6.71 Å². The third-order valence-electron chi connectivity index (χ3n) is 22.4. The molecule has 0 radical (unpaired) electrons. The molecule has 0 atom stereocenters. The van der Waals surface area contributed by atoms with Crippen LogP contribution in [0.2, 0.25) is 0 Å². The normalized spacial score (nSPS) is 13.3. The number of fused-ring (bicyclic) bond motifs is 26. The maximum Gasteiger partial charge on any atom is 0.252 e. The van der Waals surface area contributed by atoms with Gasteiger partial charge in [-0.05, 0) is 173 Å². The Morgan fingerprint density at radius 2 is 0.800 bits per heavy atom. The lowest BCUT2D eigenvalue weighted by atomic mass is 9.33. The van der Waals surface area contributed by atoms with E-state index in [1.165, 1.54) is 161 Å². The van der Waals surface area contributed by atoms with Gasteiger partial charge in [-0.25, -0.2) is 0 Å². The molecule has 9 heteroatoms. The number of aromatic nitrogens is 3. The molecule has 0 bridgehead atoms. The van der Waals surface area contributed by atoms with Crippen molar-refractivity contribution in [2.75, 3.05) is 9.80 Å². The van der Waals surface area contributed by atoms with Crippen LogP contribution in [0.5, 0.6) is 0 Å². The van der Waals surface area contributed by atoms with Crippen LogP contribution in [0.4, 0.5) is 34.1 Å². The van der Waals surface area contributed by atoms with Crippen molar-refractivity contribution in [2.45, 2.75) is 6.42 Å². The van der Waals surface area contributed by atoms with E-state index in [-0.39, 0.29) is 6.71 Å². The number of furan rings is 1. The van der Waals surface area contributed by atoms with E-state index in [1.807, 2.05) is 22.7 Å². The Morgan fingerprint density at radius 3 is 1.43 bits per heavy atom. The van der Waals surface area contributed by atoms with Crippen LogP contribution >= 0.6 is 22.7 Å². The van der Waals surface area contributed by atoms with Crippen LogP contribution in [0.15, 0.2) is 308 Å². The Bertz CT molecular complexity index is 7100. The Balaban J connectivity index is 0.832. The van der Waals surface area contributed by atoms with Crippen LogP contribution in [0.25, 0.3) is 156 Å². The van der Waals surface area contributed by atoms with Crippen LogP contribution in [0, 0.1) is 0 Å². The average Bonchev–Trinajstić information content (AvgIpc) is 1.11. The lowest BCUT2D eigenvalue weighted by Gasteiger charge is -2.45. The van der Waals surface area contributed by atoms with Crippen molar-refractivity contribution in [1.82, 2.24) is 13.7 Å². The third-order valence-corrected chi connectivity index (χ3v) is 24.7. The molecular formula is C91H52BN5OS2. The van der Waals surface area contributed by atoms with E-state index in [4.69, 9.17) is 4.42 Å². The summed E-state index contributed by atoms with van der Waals surface area (Å²) in [5, 5.41) is 14.6. The van der Waals surface area contributed by atoms with Gasteiger partial charge < -0.3 is 27.9 Å². The fourth-order valence-corrected chi connectivity index (χ4v) is 20.7. The predicted molar refractivity (Wildman–Crippen MR) is 425 cm³/mol. The molecule has 462 valence electrons. The molecule has 100 heavy (non-hydrogen) atoms. The third kappa shape index (κ3) is 7.06. The van der Waals surface area contributed by atoms with E-state index in [9.17, 15) is 0 Å². The van der Waals surface area contributed by atoms with Gasteiger partial charge in [0.1, 0.15) is 11.2 Å². The van der Waals surface area contributed by atoms with Gasteiger partial charge in [0, 0.05) is 113 Å². The Morgan fingerprint density at radius 1 is 0.300 bits per heavy atom. The highest BCUT2D eigenvalue weighted by atomic mass is 32.1. The van der Waals surface area contributed by atoms with E-state index in [0.29, 0.717) is 0 Å². The molecule has 0 fully saturated rings. The fourth-order valence-electron chi connectivity index (χ4n) is 18.3. The highest BCUT2D eigenvalue weighted by molar-refractivity contribution is 7.27. The smallest absolute Gasteiger partial charge is 0.252 e. The standard InChI is InChI=1S/C91H52BN5OS2/c1-9-28-71-57(20-1)58-21-2-10-29-72(58)93(71)54-40-39-52-45-53-19-17-34-78(87(53)65(52)46-54)97-80-49-66-63-26-7-15-37-84(63)99-86(66)51-70(80)92-69-48-56(95-75-32-13-5-24-61(75)62-25-6-14-33-76(62)95)41-43-77(69)96(81-50-67-64-27-8-16-38-85(64)100-91(67)90(97)89(81)92)79-35-18-36-83-88(79)68-47-55(42-44-82(68)98-83)94-73-30-11-3-22-59(73)60-23-4-12-31-74(60)94/h1-44,46-51H,45H2. The van der Waals surface area contributed by atoms with Crippen molar-refractivity contribution >= 4 is 208 Å². The molecule has 6 nitrogen and oxygen atoms in total. The number of anilines is 6. The first-order valence-electron chi connectivity index (χ1n) is 34.5. The molecule has 6 aromatic heterocycles. The van der Waals surface area contributed by atoms with E-state index in [1.54, 1.807) is 0 Å². The Kier molecular flexibility index (Phi) is 10.6. The largest absolute Gasteiger partial charge is 0.456 e. The summed E-state index contributed by atoms with van der Waals surface area (Å²) >= 11 is 3.84. The summed E-state index contributed by atoms with van der Waals surface area (Å²) in [5.41, 5.74) is 28.1. The molecule has 0 saturated heterocycles. The van der Waals surface area contributed by atoms with Crippen molar-refractivity contribution in [3.05, 3.63) is 314 Å². The van der Waals surface area contributed by atoms with Crippen molar-refractivity contribution in [3.63, 3.8) is 0 Å². The first-order valence-corrected chi connectivity index (χ1v) is 36.1. The quantitative estimate of drug-likeness (QED) is 0.161. The van der Waals surface area contributed by atoms with Gasteiger partial charge in [-0.3, -0.25) is 0 Å². The molecule has 0 unspecified atom stereocenters. The van der Waals surface area contributed by atoms with Gasteiger partial charge in [0.2, 0.25) is 0 Å². The zero-order valence-electron chi connectivity index (χ0n) is 53.6. The zero-order chi connectivity index (χ0) is 64.7. The van der Waals surface area contributed by atoms with Gasteiger partial charge in [0.15, 0.2) is 0 Å². The van der Waals surface area contributed by atoms with Gasteiger partial charge in [-0.1, -0.05) is 170 Å². The van der Waals surface area contributed by atoms with E-state index in [0.717, 1.165) is 62.5 Å². The summed E-state index contributed by atoms with van der Waals surface area (Å²) < 4.78 is 19.6. The summed E-state index contributed by atoms with van der Waals surface area (Å²) in [6.45, 7) is -0.215. The second-order valence-electron chi connectivity index (χ2n) is 27.4. The molecule has 0 amide bonds. The minimum absolute atomic E-state index is 0.215. The molecule has 1 aliphatic carbocycles. The number of hydrogen-bond acceptors (Lipinski definition) is 5. The van der Waals surface area contributed by atoms with E-state index < -0.39 is 0 Å². The minimum atomic E-state index is -0.215. The Labute approximate surface area is 580 Å². The number of rotatable bonds is 5. The van der Waals surface area contributed by atoms with Crippen LogP contribution in [0.1, 0.15) is 11.1 Å². The highest BCUT2D eigenvalue weighted by Crippen LogP contribution is 2.56. The summed E-state index contributed by atoms with van der Waals surface area (Å²) in [6, 6.07) is 114. The van der Waals surface area contributed by atoms with Crippen LogP contribution < -0.4 is 26.2 Å². The number of benzene rings is 15. The van der Waals surface area contributed by atoms with Crippen molar-refractivity contribution in [3.8, 4) is 28.2 Å². The van der Waals surface area contributed by atoms with Crippen LogP contribution in [-0.4, -0.2) is 20.4 Å². The maximum atomic E-state index is 7.14. The first-order chi connectivity index (χ1) is 49.6. The number of para-hydroxylation sites is 6. The van der Waals surface area contributed by atoms with E-state index >= 15 is 0 Å². The van der Waals surface area contributed by atoms with Crippen molar-refractivity contribution in [2.24, 2.45) is 0 Å². The van der Waals surface area contributed by atoms with Crippen molar-refractivity contribution < 1.29 is 4.42 Å². The number of hydrogen-bond donors (Lipinski definition) is 0. The average molecular weight is 1310 g/mol.